The highest BCUT2D eigenvalue weighted by atomic mass is 16.1. The number of carbonyl (C=O) groups is 1. The van der Waals surface area contributed by atoms with Gasteiger partial charge in [0.25, 0.3) is 5.91 Å². The Hall–Kier alpha value is -2.55. The van der Waals surface area contributed by atoms with Gasteiger partial charge >= 0.3 is 0 Å². The third-order valence-electron chi connectivity index (χ3n) is 4.23. The molecule has 0 saturated carbocycles. The molecule has 0 aliphatic heterocycles. The van der Waals surface area contributed by atoms with Crippen LogP contribution in [0.1, 0.15) is 21.5 Å². The standard InChI is InChI=1S/C18H16N2O/c21-18(16-6-3-7-17-15(16)8-9-19-17)20-14-10-12-4-1-2-5-13(12)11-14/h1-9,14,19H,10-11H2,(H,20,21). The number of aromatic amines is 1. The first kappa shape index (κ1) is 12.2. The van der Waals surface area contributed by atoms with Crippen molar-refractivity contribution in [1.29, 1.82) is 0 Å². The summed E-state index contributed by atoms with van der Waals surface area (Å²) >= 11 is 0. The molecule has 0 saturated heterocycles. The van der Waals surface area contributed by atoms with Gasteiger partial charge in [0.1, 0.15) is 0 Å². The molecule has 1 aliphatic rings. The molecule has 0 fully saturated rings. The van der Waals surface area contributed by atoms with Crippen LogP contribution in [-0.2, 0) is 12.8 Å². The molecular formula is C18H16N2O. The Balaban J connectivity index is 1.56. The maximum absolute atomic E-state index is 12.5. The molecule has 3 heteroatoms. The molecule has 4 rings (SSSR count). The molecule has 0 spiro atoms. The van der Waals surface area contributed by atoms with Crippen LogP contribution in [0.2, 0.25) is 0 Å². The summed E-state index contributed by atoms with van der Waals surface area (Å²) in [5, 5.41) is 4.15. The fourth-order valence-electron chi connectivity index (χ4n) is 3.21. The first-order chi connectivity index (χ1) is 10.3. The summed E-state index contributed by atoms with van der Waals surface area (Å²) in [5.74, 6) is 0.0120. The number of hydrogen-bond acceptors (Lipinski definition) is 1. The number of nitrogens with one attached hydrogen (secondary N) is 2. The fourth-order valence-corrected chi connectivity index (χ4v) is 3.21. The van der Waals surface area contributed by atoms with Gasteiger partial charge in [-0.05, 0) is 42.2 Å². The normalized spacial score (nSPS) is 14.3. The summed E-state index contributed by atoms with van der Waals surface area (Å²) in [6, 6.07) is 16.3. The third-order valence-corrected chi connectivity index (χ3v) is 4.23. The van der Waals surface area contributed by atoms with Gasteiger partial charge in [0, 0.05) is 28.7 Å². The van der Waals surface area contributed by atoms with Crippen LogP contribution in [0.5, 0.6) is 0 Å². The Labute approximate surface area is 123 Å². The minimum Gasteiger partial charge on any atom is -0.361 e. The average molecular weight is 276 g/mol. The Bertz CT molecular complexity index is 794. The van der Waals surface area contributed by atoms with Crippen LogP contribution < -0.4 is 5.32 Å². The van der Waals surface area contributed by atoms with Gasteiger partial charge in [0.05, 0.1) is 0 Å². The van der Waals surface area contributed by atoms with E-state index in [1.165, 1.54) is 11.1 Å². The summed E-state index contributed by atoms with van der Waals surface area (Å²) in [5.41, 5.74) is 4.44. The minimum atomic E-state index is 0.0120. The van der Waals surface area contributed by atoms with Gasteiger partial charge in [0.15, 0.2) is 0 Å². The second kappa shape index (κ2) is 4.77. The van der Waals surface area contributed by atoms with Crippen molar-refractivity contribution in [3.05, 3.63) is 71.4 Å². The molecule has 1 aliphatic carbocycles. The zero-order chi connectivity index (χ0) is 14.2. The molecule has 1 aromatic heterocycles. The molecule has 0 atom stereocenters. The topological polar surface area (TPSA) is 44.9 Å². The van der Waals surface area contributed by atoms with Gasteiger partial charge in [-0.3, -0.25) is 4.79 Å². The van der Waals surface area contributed by atoms with E-state index in [2.05, 4.69) is 34.6 Å². The van der Waals surface area contributed by atoms with Crippen molar-refractivity contribution < 1.29 is 4.79 Å². The Morgan fingerprint density at radius 3 is 2.52 bits per heavy atom. The second-order valence-corrected chi connectivity index (χ2v) is 5.59. The highest BCUT2D eigenvalue weighted by molar-refractivity contribution is 6.06. The number of hydrogen-bond donors (Lipinski definition) is 2. The highest BCUT2D eigenvalue weighted by Gasteiger charge is 2.23. The Kier molecular flexibility index (Phi) is 2.78. The van der Waals surface area contributed by atoms with Crippen molar-refractivity contribution in [3.63, 3.8) is 0 Å². The van der Waals surface area contributed by atoms with Crippen LogP contribution in [0.4, 0.5) is 0 Å². The number of fused-ring (bicyclic) bond motifs is 2. The van der Waals surface area contributed by atoms with E-state index in [0.717, 1.165) is 29.3 Å². The number of aromatic nitrogens is 1. The van der Waals surface area contributed by atoms with Crippen molar-refractivity contribution >= 4 is 16.8 Å². The lowest BCUT2D eigenvalue weighted by Gasteiger charge is -2.12. The average Bonchev–Trinajstić information content (AvgIpc) is 3.12. The van der Waals surface area contributed by atoms with E-state index in [9.17, 15) is 4.79 Å². The van der Waals surface area contributed by atoms with Gasteiger partial charge < -0.3 is 10.3 Å². The van der Waals surface area contributed by atoms with E-state index in [4.69, 9.17) is 0 Å². The zero-order valence-electron chi connectivity index (χ0n) is 11.6. The molecule has 3 aromatic rings. The quantitative estimate of drug-likeness (QED) is 0.742. The van der Waals surface area contributed by atoms with Gasteiger partial charge in [-0.2, -0.15) is 0 Å². The summed E-state index contributed by atoms with van der Waals surface area (Å²) in [7, 11) is 0. The first-order valence-electron chi connectivity index (χ1n) is 7.25. The van der Waals surface area contributed by atoms with Gasteiger partial charge in [-0.1, -0.05) is 30.3 Å². The van der Waals surface area contributed by atoms with Crippen LogP contribution in [0.3, 0.4) is 0 Å². The molecule has 0 unspecified atom stereocenters. The first-order valence-corrected chi connectivity index (χ1v) is 7.25. The summed E-state index contributed by atoms with van der Waals surface area (Å²) < 4.78 is 0. The molecule has 2 N–H and O–H groups in total. The van der Waals surface area contributed by atoms with E-state index in [-0.39, 0.29) is 11.9 Å². The number of H-pyrrole nitrogens is 1. The largest absolute Gasteiger partial charge is 0.361 e. The molecule has 1 amide bonds. The van der Waals surface area contributed by atoms with Crippen molar-refractivity contribution in [2.45, 2.75) is 18.9 Å². The lowest BCUT2D eigenvalue weighted by molar-refractivity contribution is 0.0940. The fraction of sp³-hybridized carbons (Fsp3) is 0.167. The summed E-state index contributed by atoms with van der Waals surface area (Å²) in [6.45, 7) is 0. The van der Waals surface area contributed by atoms with Gasteiger partial charge in [-0.25, -0.2) is 0 Å². The molecule has 0 bridgehead atoms. The minimum absolute atomic E-state index is 0.0120. The van der Waals surface area contributed by atoms with Crippen LogP contribution >= 0.6 is 0 Å². The third kappa shape index (κ3) is 2.11. The van der Waals surface area contributed by atoms with E-state index in [0.29, 0.717) is 0 Å². The number of benzene rings is 2. The van der Waals surface area contributed by atoms with Crippen LogP contribution in [0, 0.1) is 0 Å². The predicted octanol–water partition coefficient (Wildman–Crippen LogP) is 3.07. The maximum atomic E-state index is 12.5. The molecule has 104 valence electrons. The second-order valence-electron chi connectivity index (χ2n) is 5.59. The lowest BCUT2D eigenvalue weighted by Crippen LogP contribution is -2.35. The van der Waals surface area contributed by atoms with Crippen molar-refractivity contribution in [2.24, 2.45) is 0 Å². The monoisotopic (exact) mass is 276 g/mol. The molecule has 0 radical (unpaired) electrons. The van der Waals surface area contributed by atoms with Crippen LogP contribution in [0.15, 0.2) is 54.7 Å². The van der Waals surface area contributed by atoms with Crippen molar-refractivity contribution in [1.82, 2.24) is 10.3 Å². The zero-order valence-corrected chi connectivity index (χ0v) is 11.6. The van der Waals surface area contributed by atoms with E-state index >= 15 is 0 Å². The Morgan fingerprint density at radius 2 is 1.76 bits per heavy atom. The van der Waals surface area contributed by atoms with Crippen LogP contribution in [0.25, 0.3) is 10.9 Å². The molecule has 1 heterocycles. The van der Waals surface area contributed by atoms with E-state index in [1.807, 2.05) is 30.5 Å². The van der Waals surface area contributed by atoms with Crippen molar-refractivity contribution in [3.8, 4) is 0 Å². The summed E-state index contributed by atoms with van der Waals surface area (Å²) in [6.07, 6.45) is 3.71. The van der Waals surface area contributed by atoms with E-state index in [1.54, 1.807) is 0 Å². The van der Waals surface area contributed by atoms with Crippen molar-refractivity contribution in [2.75, 3.05) is 0 Å². The molecule has 21 heavy (non-hydrogen) atoms. The number of carbonyl (C=O) groups excluding carboxylic acids is 1. The molecule has 3 nitrogen and oxygen atoms in total. The molecular weight excluding hydrogens is 260 g/mol. The van der Waals surface area contributed by atoms with Crippen LogP contribution in [-0.4, -0.2) is 16.9 Å². The SMILES string of the molecule is O=C(NC1Cc2ccccc2C1)c1cccc2[nH]ccc12. The van der Waals surface area contributed by atoms with Gasteiger partial charge in [-0.15, -0.1) is 0 Å². The highest BCUT2D eigenvalue weighted by Crippen LogP contribution is 2.23. The summed E-state index contributed by atoms with van der Waals surface area (Å²) in [4.78, 5) is 15.7. The lowest BCUT2D eigenvalue weighted by atomic mass is 10.1. The number of rotatable bonds is 2. The Morgan fingerprint density at radius 1 is 1.00 bits per heavy atom. The predicted molar refractivity (Wildman–Crippen MR) is 83.4 cm³/mol. The number of amides is 1. The maximum Gasteiger partial charge on any atom is 0.252 e. The molecule has 2 aromatic carbocycles. The van der Waals surface area contributed by atoms with E-state index < -0.39 is 0 Å². The van der Waals surface area contributed by atoms with Gasteiger partial charge in [0.2, 0.25) is 0 Å². The smallest absolute Gasteiger partial charge is 0.252 e.